The number of fused-ring (bicyclic) bond motifs is 1. The van der Waals surface area contributed by atoms with Gasteiger partial charge in [-0.05, 0) is 36.8 Å². The SMILES string of the molecule is COc1ccc2c(c1)C(=O)N(C[C@@]1(C#Cc3ccc(C)nc3)NC(=O)NC1=O)C2.[HH]. The van der Waals surface area contributed by atoms with Gasteiger partial charge in [0.25, 0.3) is 11.8 Å². The number of pyridine rings is 1. The lowest BCUT2D eigenvalue weighted by molar-refractivity contribution is -0.122. The lowest BCUT2D eigenvalue weighted by Crippen LogP contribution is -2.54. The van der Waals surface area contributed by atoms with Gasteiger partial charge in [-0.2, -0.15) is 0 Å². The van der Waals surface area contributed by atoms with E-state index in [9.17, 15) is 14.4 Å². The molecule has 0 saturated carbocycles. The summed E-state index contributed by atoms with van der Waals surface area (Å²) in [4.78, 5) is 43.0. The Bertz CT molecular complexity index is 1090. The zero-order valence-electron chi connectivity index (χ0n) is 15.9. The number of hydrogen-bond acceptors (Lipinski definition) is 5. The van der Waals surface area contributed by atoms with Crippen molar-refractivity contribution in [3.8, 4) is 17.6 Å². The lowest BCUT2D eigenvalue weighted by atomic mass is 9.99. The summed E-state index contributed by atoms with van der Waals surface area (Å²) in [5.74, 6) is 5.49. The van der Waals surface area contributed by atoms with Crippen molar-refractivity contribution in [1.29, 1.82) is 0 Å². The molecule has 1 aromatic carbocycles. The molecular formula is C21H20N4O4. The lowest BCUT2D eigenvalue weighted by Gasteiger charge is -2.26. The third kappa shape index (κ3) is 3.38. The van der Waals surface area contributed by atoms with Crippen molar-refractivity contribution in [2.45, 2.75) is 19.0 Å². The number of rotatable bonds is 3. The van der Waals surface area contributed by atoms with Crippen LogP contribution in [0.15, 0.2) is 36.5 Å². The van der Waals surface area contributed by atoms with Crippen molar-refractivity contribution in [2.75, 3.05) is 13.7 Å². The van der Waals surface area contributed by atoms with Crippen molar-refractivity contribution in [3.05, 3.63) is 58.9 Å². The number of carbonyl (C=O) groups is 3. The summed E-state index contributed by atoms with van der Waals surface area (Å²) in [6.07, 6.45) is 1.59. The van der Waals surface area contributed by atoms with Gasteiger partial charge in [-0.1, -0.05) is 17.9 Å². The summed E-state index contributed by atoms with van der Waals surface area (Å²) in [5, 5.41) is 4.80. The normalized spacial score (nSPS) is 19.9. The predicted molar refractivity (Wildman–Crippen MR) is 105 cm³/mol. The Labute approximate surface area is 168 Å². The van der Waals surface area contributed by atoms with Gasteiger partial charge in [0.15, 0.2) is 0 Å². The first-order chi connectivity index (χ1) is 13.9. The topological polar surface area (TPSA) is 101 Å². The molecule has 4 amide bonds. The number of nitrogens with zero attached hydrogens (tertiary/aromatic N) is 2. The largest absolute Gasteiger partial charge is 0.497 e. The number of nitrogens with one attached hydrogen (secondary N) is 2. The standard InChI is InChI=1S/C21H18N4O4.H2/c1-13-3-4-14(10-22-13)7-8-21(19(27)23-20(28)24-21)12-25-11-15-5-6-16(29-2)9-17(15)18(25)26;/h3-6,9-10H,11-12H2,1-2H3,(H2,23,24,27,28);1H/t21-;/m1./s1. The molecule has 1 fully saturated rings. The van der Waals surface area contributed by atoms with Gasteiger partial charge in [-0.25, -0.2) is 4.79 Å². The summed E-state index contributed by atoms with van der Waals surface area (Å²) in [6, 6.07) is 8.20. The summed E-state index contributed by atoms with van der Waals surface area (Å²) in [6.45, 7) is 2.10. The van der Waals surface area contributed by atoms with E-state index in [0.717, 1.165) is 11.3 Å². The quantitative estimate of drug-likeness (QED) is 0.605. The number of ether oxygens (including phenoxy) is 1. The minimum absolute atomic E-state index is 0. The van der Waals surface area contributed by atoms with Gasteiger partial charge >= 0.3 is 6.03 Å². The van der Waals surface area contributed by atoms with Gasteiger partial charge in [0, 0.05) is 31.0 Å². The van der Waals surface area contributed by atoms with Gasteiger partial charge in [-0.15, -0.1) is 0 Å². The van der Waals surface area contributed by atoms with E-state index < -0.39 is 17.5 Å². The fourth-order valence-electron chi connectivity index (χ4n) is 3.33. The highest BCUT2D eigenvalue weighted by Gasteiger charge is 2.48. The van der Waals surface area contributed by atoms with Crippen LogP contribution in [0.4, 0.5) is 4.79 Å². The minimum atomic E-state index is -1.54. The van der Waals surface area contributed by atoms with Crippen LogP contribution in [0.5, 0.6) is 5.75 Å². The monoisotopic (exact) mass is 392 g/mol. The summed E-state index contributed by atoms with van der Waals surface area (Å²) in [7, 11) is 1.53. The second-order valence-electron chi connectivity index (χ2n) is 6.94. The molecule has 2 N–H and O–H groups in total. The van der Waals surface area contributed by atoms with E-state index in [1.807, 2.05) is 13.0 Å². The molecule has 2 aliphatic rings. The molecule has 0 bridgehead atoms. The zero-order chi connectivity index (χ0) is 20.6. The Hall–Kier alpha value is -3.86. The molecule has 2 aromatic rings. The Morgan fingerprint density at radius 3 is 2.76 bits per heavy atom. The van der Waals surface area contributed by atoms with E-state index in [-0.39, 0.29) is 13.9 Å². The molecule has 148 valence electrons. The molecule has 0 spiro atoms. The van der Waals surface area contributed by atoms with Crippen molar-refractivity contribution in [3.63, 3.8) is 0 Å². The van der Waals surface area contributed by atoms with Crippen molar-refractivity contribution in [2.24, 2.45) is 0 Å². The second-order valence-corrected chi connectivity index (χ2v) is 6.94. The molecule has 2 aliphatic heterocycles. The first kappa shape index (κ1) is 18.5. The van der Waals surface area contributed by atoms with Crippen LogP contribution in [0, 0.1) is 18.8 Å². The fraction of sp³-hybridized carbons (Fsp3) is 0.238. The second kappa shape index (κ2) is 6.95. The number of benzene rings is 1. The average Bonchev–Trinajstić information content (AvgIpc) is 3.16. The van der Waals surface area contributed by atoms with Crippen LogP contribution < -0.4 is 15.4 Å². The number of aryl methyl sites for hydroxylation is 1. The minimum Gasteiger partial charge on any atom is -0.497 e. The van der Waals surface area contributed by atoms with E-state index in [4.69, 9.17) is 4.74 Å². The number of methoxy groups -OCH3 is 1. The van der Waals surface area contributed by atoms with E-state index in [1.54, 1.807) is 30.5 Å². The predicted octanol–water partition coefficient (Wildman–Crippen LogP) is 1.23. The molecule has 0 unspecified atom stereocenters. The maximum absolute atomic E-state index is 12.9. The molecule has 0 aliphatic carbocycles. The Balaban J connectivity index is 0.00000256. The van der Waals surface area contributed by atoms with Gasteiger partial charge in [-0.3, -0.25) is 19.9 Å². The van der Waals surface area contributed by atoms with Crippen molar-refractivity contribution >= 4 is 17.8 Å². The molecular weight excluding hydrogens is 372 g/mol. The maximum atomic E-state index is 12.9. The van der Waals surface area contributed by atoms with Crippen molar-refractivity contribution in [1.82, 2.24) is 20.5 Å². The molecule has 29 heavy (non-hydrogen) atoms. The summed E-state index contributed by atoms with van der Waals surface area (Å²) in [5.41, 5.74) is 1.24. The zero-order valence-corrected chi connectivity index (χ0v) is 15.9. The summed E-state index contributed by atoms with van der Waals surface area (Å²) >= 11 is 0. The number of urea groups is 1. The first-order valence-electron chi connectivity index (χ1n) is 8.96. The van der Waals surface area contributed by atoms with Crippen LogP contribution >= 0.6 is 0 Å². The highest BCUT2D eigenvalue weighted by Crippen LogP contribution is 2.28. The van der Waals surface area contributed by atoms with E-state index in [0.29, 0.717) is 23.4 Å². The van der Waals surface area contributed by atoms with Gasteiger partial charge in [0.1, 0.15) is 5.75 Å². The van der Waals surface area contributed by atoms with Crippen LogP contribution in [0.25, 0.3) is 0 Å². The van der Waals surface area contributed by atoms with E-state index in [1.165, 1.54) is 12.0 Å². The van der Waals surface area contributed by atoms with Gasteiger partial charge in [0.05, 0.1) is 13.7 Å². The molecule has 8 nitrogen and oxygen atoms in total. The van der Waals surface area contributed by atoms with Crippen LogP contribution in [-0.4, -0.2) is 46.9 Å². The third-order valence-corrected chi connectivity index (χ3v) is 4.90. The first-order valence-corrected chi connectivity index (χ1v) is 8.96. The van der Waals surface area contributed by atoms with Crippen LogP contribution in [0.1, 0.15) is 28.6 Å². The fourth-order valence-corrected chi connectivity index (χ4v) is 3.33. The highest BCUT2D eigenvalue weighted by molar-refractivity contribution is 6.10. The van der Waals surface area contributed by atoms with Gasteiger partial charge < -0.3 is 15.0 Å². The molecule has 1 atom stereocenters. The number of carbonyl (C=O) groups excluding carboxylic acids is 3. The number of aromatic nitrogens is 1. The molecule has 3 heterocycles. The number of amides is 4. The van der Waals surface area contributed by atoms with E-state index in [2.05, 4.69) is 27.5 Å². The molecule has 1 aromatic heterocycles. The Morgan fingerprint density at radius 2 is 2.10 bits per heavy atom. The molecule has 8 heteroatoms. The summed E-state index contributed by atoms with van der Waals surface area (Å²) < 4.78 is 5.18. The smallest absolute Gasteiger partial charge is 0.323 e. The number of hydrogen-bond donors (Lipinski definition) is 2. The van der Waals surface area contributed by atoms with Crippen molar-refractivity contribution < 1.29 is 20.5 Å². The Kier molecular flexibility index (Phi) is 4.43. The molecule has 4 rings (SSSR count). The maximum Gasteiger partial charge on any atom is 0.323 e. The van der Waals surface area contributed by atoms with E-state index >= 15 is 0 Å². The van der Waals surface area contributed by atoms with Crippen LogP contribution in [0.2, 0.25) is 0 Å². The third-order valence-electron chi connectivity index (χ3n) is 4.90. The van der Waals surface area contributed by atoms with Gasteiger partial charge in [0.2, 0.25) is 5.54 Å². The van der Waals surface area contributed by atoms with Crippen LogP contribution in [-0.2, 0) is 11.3 Å². The number of imide groups is 1. The molecule has 1 saturated heterocycles. The highest BCUT2D eigenvalue weighted by atomic mass is 16.5. The van der Waals surface area contributed by atoms with Crippen LogP contribution in [0.3, 0.4) is 0 Å². The molecule has 0 radical (unpaired) electrons. The average molecular weight is 392 g/mol. The Morgan fingerprint density at radius 1 is 1.28 bits per heavy atom.